The van der Waals surface area contributed by atoms with E-state index in [9.17, 15) is 0 Å². The third-order valence-corrected chi connectivity index (χ3v) is 1.64. The first-order chi connectivity index (χ1) is 6.22. The molecular formula is C11H16NO-. The number of hydrogen-bond acceptors (Lipinski definition) is 1. The van der Waals surface area contributed by atoms with E-state index >= 15 is 0 Å². The fraction of sp³-hybridized carbons (Fsp3) is 0.455. The van der Waals surface area contributed by atoms with E-state index in [1.807, 2.05) is 45.2 Å². The van der Waals surface area contributed by atoms with Crippen LogP contribution >= 0.6 is 0 Å². The van der Waals surface area contributed by atoms with Crippen LogP contribution in [0.25, 0.3) is 5.32 Å². The summed E-state index contributed by atoms with van der Waals surface area (Å²) >= 11 is 0. The first kappa shape index (κ1) is 10.1. The fourth-order valence-corrected chi connectivity index (χ4v) is 1.13. The van der Waals surface area contributed by atoms with E-state index < -0.39 is 0 Å². The maximum absolute atomic E-state index is 5.52. The lowest BCUT2D eigenvalue weighted by molar-refractivity contribution is 0.242. The SMILES string of the molecule is C[N-]Cc1ccc(OC(C)C)cc1. The molecule has 0 N–H and O–H groups in total. The molecule has 13 heavy (non-hydrogen) atoms. The van der Waals surface area contributed by atoms with Gasteiger partial charge in [0.05, 0.1) is 6.10 Å². The molecule has 0 aromatic heterocycles. The second kappa shape index (κ2) is 4.87. The minimum Gasteiger partial charge on any atom is -0.661 e. The molecule has 2 nitrogen and oxygen atoms in total. The molecule has 0 aliphatic heterocycles. The van der Waals surface area contributed by atoms with Crippen molar-refractivity contribution in [3.8, 4) is 5.75 Å². The Morgan fingerprint density at radius 2 is 1.85 bits per heavy atom. The van der Waals surface area contributed by atoms with Gasteiger partial charge in [-0.3, -0.25) is 0 Å². The Morgan fingerprint density at radius 3 is 2.31 bits per heavy atom. The highest BCUT2D eigenvalue weighted by Crippen LogP contribution is 2.14. The van der Waals surface area contributed by atoms with Gasteiger partial charge in [-0.2, -0.15) is 7.05 Å². The van der Waals surface area contributed by atoms with Gasteiger partial charge in [0.15, 0.2) is 0 Å². The average Bonchev–Trinajstić information content (AvgIpc) is 2.08. The summed E-state index contributed by atoms with van der Waals surface area (Å²) in [4.78, 5) is 0. The predicted octanol–water partition coefficient (Wildman–Crippen LogP) is 2.98. The monoisotopic (exact) mass is 178 g/mol. The van der Waals surface area contributed by atoms with Crippen molar-refractivity contribution in [3.05, 3.63) is 35.1 Å². The van der Waals surface area contributed by atoms with Gasteiger partial charge in [-0.1, -0.05) is 17.7 Å². The van der Waals surface area contributed by atoms with Gasteiger partial charge in [0, 0.05) is 0 Å². The van der Waals surface area contributed by atoms with Crippen molar-refractivity contribution in [2.75, 3.05) is 7.05 Å². The lowest BCUT2D eigenvalue weighted by atomic mass is 10.2. The highest BCUT2D eigenvalue weighted by Gasteiger charge is 1.95. The Bertz CT molecular complexity index is 241. The largest absolute Gasteiger partial charge is 0.661 e. The van der Waals surface area contributed by atoms with Gasteiger partial charge in [-0.25, -0.2) is 0 Å². The minimum absolute atomic E-state index is 0.238. The van der Waals surface area contributed by atoms with Gasteiger partial charge in [-0.05, 0) is 26.0 Å². The van der Waals surface area contributed by atoms with Crippen LogP contribution in [0.3, 0.4) is 0 Å². The number of benzene rings is 1. The molecule has 0 saturated carbocycles. The lowest BCUT2D eigenvalue weighted by Crippen LogP contribution is -2.05. The quantitative estimate of drug-likeness (QED) is 0.695. The van der Waals surface area contributed by atoms with Crippen LogP contribution in [0.1, 0.15) is 19.4 Å². The van der Waals surface area contributed by atoms with Crippen molar-refractivity contribution in [2.45, 2.75) is 26.5 Å². The second-order valence-electron chi connectivity index (χ2n) is 3.28. The number of nitrogens with zero attached hydrogens (tertiary/aromatic N) is 1. The smallest absolute Gasteiger partial charge is 0.119 e. The molecule has 0 spiro atoms. The molecular weight excluding hydrogens is 162 g/mol. The normalized spacial score (nSPS) is 10.5. The zero-order valence-corrected chi connectivity index (χ0v) is 8.45. The molecule has 1 rings (SSSR count). The highest BCUT2D eigenvalue weighted by molar-refractivity contribution is 5.28. The zero-order valence-electron chi connectivity index (χ0n) is 8.45. The van der Waals surface area contributed by atoms with Crippen molar-refractivity contribution >= 4 is 0 Å². The van der Waals surface area contributed by atoms with Crippen molar-refractivity contribution in [3.63, 3.8) is 0 Å². The summed E-state index contributed by atoms with van der Waals surface area (Å²) in [6, 6.07) is 8.07. The van der Waals surface area contributed by atoms with Gasteiger partial charge in [0.2, 0.25) is 0 Å². The molecule has 1 aromatic carbocycles. The summed E-state index contributed by atoms with van der Waals surface area (Å²) in [5.41, 5.74) is 1.22. The Hall–Kier alpha value is -1.02. The molecule has 1 aromatic rings. The summed E-state index contributed by atoms with van der Waals surface area (Å²) in [5.74, 6) is 0.926. The summed E-state index contributed by atoms with van der Waals surface area (Å²) in [6.45, 7) is 4.83. The maximum atomic E-state index is 5.52. The van der Waals surface area contributed by atoms with Crippen LogP contribution in [-0.4, -0.2) is 13.2 Å². The van der Waals surface area contributed by atoms with E-state index in [0.717, 1.165) is 12.3 Å². The minimum atomic E-state index is 0.238. The predicted molar refractivity (Wildman–Crippen MR) is 55.2 cm³/mol. The van der Waals surface area contributed by atoms with Crippen LogP contribution in [-0.2, 0) is 6.54 Å². The van der Waals surface area contributed by atoms with Gasteiger partial charge < -0.3 is 10.1 Å². The molecule has 0 saturated heterocycles. The second-order valence-corrected chi connectivity index (χ2v) is 3.28. The Labute approximate surface area is 79.9 Å². The van der Waals surface area contributed by atoms with E-state index in [-0.39, 0.29) is 6.10 Å². The summed E-state index contributed by atoms with van der Waals surface area (Å²) in [5, 5.41) is 4.06. The summed E-state index contributed by atoms with van der Waals surface area (Å²) < 4.78 is 5.52. The number of hydrogen-bond donors (Lipinski definition) is 0. The Morgan fingerprint density at radius 1 is 1.23 bits per heavy atom. The average molecular weight is 178 g/mol. The molecule has 0 fully saturated rings. The highest BCUT2D eigenvalue weighted by atomic mass is 16.5. The standard InChI is InChI=1S/C11H16NO/c1-9(2)13-11-6-4-10(5-7-11)8-12-3/h4-7,9H,8H2,1-3H3/q-1. The van der Waals surface area contributed by atoms with Crippen molar-refractivity contribution in [2.24, 2.45) is 0 Å². The molecule has 0 amide bonds. The van der Waals surface area contributed by atoms with Crippen molar-refractivity contribution in [1.82, 2.24) is 0 Å². The number of ether oxygens (including phenoxy) is 1. The van der Waals surface area contributed by atoms with Crippen molar-refractivity contribution < 1.29 is 4.74 Å². The Kier molecular flexibility index (Phi) is 3.77. The molecule has 72 valence electrons. The first-order valence-electron chi connectivity index (χ1n) is 4.53. The van der Waals surface area contributed by atoms with Crippen LogP contribution < -0.4 is 4.74 Å². The first-order valence-corrected chi connectivity index (χ1v) is 4.53. The molecule has 0 atom stereocenters. The third kappa shape index (κ3) is 3.47. The van der Waals surface area contributed by atoms with Crippen molar-refractivity contribution in [1.29, 1.82) is 0 Å². The van der Waals surface area contributed by atoms with Crippen LogP contribution in [0, 0.1) is 0 Å². The third-order valence-electron chi connectivity index (χ3n) is 1.64. The topological polar surface area (TPSA) is 23.3 Å². The molecule has 2 heteroatoms. The van der Waals surface area contributed by atoms with Crippen LogP contribution in [0.2, 0.25) is 0 Å². The summed E-state index contributed by atoms with van der Waals surface area (Å²) in [7, 11) is 1.82. The molecule has 0 aliphatic rings. The van der Waals surface area contributed by atoms with Crippen LogP contribution in [0.4, 0.5) is 0 Å². The van der Waals surface area contributed by atoms with Gasteiger partial charge in [0.25, 0.3) is 0 Å². The van der Waals surface area contributed by atoms with Gasteiger partial charge in [0.1, 0.15) is 5.75 Å². The van der Waals surface area contributed by atoms with Gasteiger partial charge in [-0.15, -0.1) is 6.54 Å². The molecule has 0 heterocycles. The van der Waals surface area contributed by atoms with Gasteiger partial charge >= 0.3 is 0 Å². The van der Waals surface area contributed by atoms with E-state index in [2.05, 4.69) is 5.32 Å². The lowest BCUT2D eigenvalue weighted by Gasteiger charge is -2.13. The summed E-state index contributed by atoms with van der Waals surface area (Å²) in [6.07, 6.45) is 0.238. The zero-order chi connectivity index (χ0) is 9.68. The van der Waals surface area contributed by atoms with E-state index in [0.29, 0.717) is 0 Å². The van der Waals surface area contributed by atoms with E-state index in [1.165, 1.54) is 5.56 Å². The Balaban J connectivity index is 2.59. The number of rotatable bonds is 4. The fourth-order valence-electron chi connectivity index (χ4n) is 1.13. The van der Waals surface area contributed by atoms with E-state index in [4.69, 9.17) is 4.74 Å². The molecule has 0 radical (unpaired) electrons. The molecule has 0 aliphatic carbocycles. The maximum Gasteiger partial charge on any atom is 0.119 e. The van der Waals surface area contributed by atoms with Crippen LogP contribution in [0.5, 0.6) is 5.75 Å². The van der Waals surface area contributed by atoms with E-state index in [1.54, 1.807) is 0 Å². The molecule has 0 bridgehead atoms. The molecule has 0 unspecified atom stereocenters. The van der Waals surface area contributed by atoms with Crippen LogP contribution in [0.15, 0.2) is 24.3 Å².